The molecule has 0 saturated heterocycles. The maximum Gasteiger partial charge on any atom is 0.339 e. The summed E-state index contributed by atoms with van der Waals surface area (Å²) >= 11 is 0. The van der Waals surface area contributed by atoms with Gasteiger partial charge in [0.1, 0.15) is 11.3 Å². The van der Waals surface area contributed by atoms with Gasteiger partial charge in [0.2, 0.25) is 5.91 Å². The lowest BCUT2D eigenvalue weighted by molar-refractivity contribution is -0.304. The number of carbonyl (C=O) groups excluding carboxylic acids is 2. The number of nitrogens with one attached hydrogen (secondary N) is 1. The summed E-state index contributed by atoms with van der Waals surface area (Å²) in [6, 6.07) is 4.45. The Morgan fingerprint density at radius 3 is 2.77 bits per heavy atom. The first-order chi connectivity index (χ1) is 10.4. The van der Waals surface area contributed by atoms with Crippen molar-refractivity contribution in [2.75, 3.05) is 6.54 Å². The number of aryl methyl sites for hydroxylation is 1. The first kappa shape index (κ1) is 15.6. The summed E-state index contributed by atoms with van der Waals surface area (Å²) in [6.45, 7) is 1.16. The molecule has 0 spiro atoms. The normalized spacial score (nSPS) is 10.6. The topological polar surface area (TPSA) is 120 Å². The molecular weight excluding hydrogens is 290 g/mol. The molecule has 0 atom stereocenters. The largest absolute Gasteiger partial charge is 0.548 e. The molecule has 22 heavy (non-hydrogen) atoms. The van der Waals surface area contributed by atoms with Gasteiger partial charge in [0.05, 0.1) is 12.5 Å². The second-order valence-corrected chi connectivity index (χ2v) is 4.82. The predicted molar refractivity (Wildman–Crippen MR) is 75.2 cm³/mol. The second kappa shape index (κ2) is 6.30. The molecule has 0 saturated carbocycles. The van der Waals surface area contributed by atoms with E-state index in [1.807, 2.05) is 0 Å². The van der Waals surface area contributed by atoms with Crippen molar-refractivity contribution in [3.05, 3.63) is 39.7 Å². The maximum atomic E-state index is 12.0. The van der Waals surface area contributed by atoms with Crippen molar-refractivity contribution in [3.8, 4) is 5.75 Å². The Labute approximate surface area is 125 Å². The summed E-state index contributed by atoms with van der Waals surface area (Å²) < 4.78 is 5.13. The van der Waals surface area contributed by atoms with E-state index in [-0.39, 0.29) is 24.2 Å². The van der Waals surface area contributed by atoms with Gasteiger partial charge in [-0.2, -0.15) is 0 Å². The van der Waals surface area contributed by atoms with Crippen LogP contribution in [0.3, 0.4) is 0 Å². The molecule has 0 bridgehead atoms. The van der Waals surface area contributed by atoms with Crippen LogP contribution in [0.25, 0.3) is 11.0 Å². The summed E-state index contributed by atoms with van der Waals surface area (Å²) in [5, 5.41) is 22.5. The molecule has 0 fully saturated rings. The van der Waals surface area contributed by atoms with E-state index in [9.17, 15) is 24.6 Å². The van der Waals surface area contributed by atoms with E-state index in [4.69, 9.17) is 4.42 Å². The second-order valence-electron chi connectivity index (χ2n) is 4.82. The number of fused-ring (bicyclic) bond motifs is 1. The minimum atomic E-state index is -1.38. The predicted octanol–water partition coefficient (Wildman–Crippen LogP) is -0.394. The quantitative estimate of drug-likeness (QED) is 0.726. The molecule has 2 N–H and O–H groups in total. The zero-order valence-corrected chi connectivity index (χ0v) is 11.8. The third kappa shape index (κ3) is 3.43. The third-order valence-corrected chi connectivity index (χ3v) is 3.30. The van der Waals surface area contributed by atoms with E-state index in [0.29, 0.717) is 16.5 Å². The number of benzene rings is 1. The number of phenols is 1. The van der Waals surface area contributed by atoms with Crippen molar-refractivity contribution in [1.29, 1.82) is 0 Å². The Morgan fingerprint density at radius 1 is 1.36 bits per heavy atom. The number of hydrogen-bond donors (Lipinski definition) is 2. The Morgan fingerprint density at radius 2 is 2.09 bits per heavy atom. The van der Waals surface area contributed by atoms with E-state index in [2.05, 4.69) is 5.32 Å². The van der Waals surface area contributed by atoms with Gasteiger partial charge in [0, 0.05) is 23.4 Å². The molecular formula is C15H14NO6-. The van der Waals surface area contributed by atoms with Crippen LogP contribution in [0.15, 0.2) is 27.4 Å². The first-order valence-corrected chi connectivity index (χ1v) is 6.60. The number of amides is 1. The van der Waals surface area contributed by atoms with Gasteiger partial charge < -0.3 is 24.7 Å². The molecule has 7 heteroatoms. The summed E-state index contributed by atoms with van der Waals surface area (Å²) in [5.41, 5.74) is 0.705. The van der Waals surface area contributed by atoms with Gasteiger partial charge in [-0.05, 0) is 31.0 Å². The molecule has 0 radical (unpaired) electrons. The van der Waals surface area contributed by atoms with Crippen LogP contribution in [0.1, 0.15) is 17.5 Å². The molecule has 1 aromatic carbocycles. The summed E-state index contributed by atoms with van der Waals surface area (Å²) in [7, 11) is 0. The highest BCUT2D eigenvalue weighted by Crippen LogP contribution is 2.23. The monoisotopic (exact) mass is 304 g/mol. The SMILES string of the molecule is Cc1c(CCC(=O)NCC(=O)[O-])c(=O)oc2cc(O)ccc12. The van der Waals surface area contributed by atoms with Crippen LogP contribution < -0.4 is 16.0 Å². The van der Waals surface area contributed by atoms with Crippen molar-refractivity contribution in [1.82, 2.24) is 5.32 Å². The van der Waals surface area contributed by atoms with Crippen LogP contribution in [-0.4, -0.2) is 23.5 Å². The van der Waals surface area contributed by atoms with Crippen molar-refractivity contribution < 1.29 is 24.2 Å². The fourth-order valence-electron chi connectivity index (χ4n) is 2.17. The van der Waals surface area contributed by atoms with E-state index in [0.717, 1.165) is 0 Å². The van der Waals surface area contributed by atoms with Crippen LogP contribution in [0.2, 0.25) is 0 Å². The average molecular weight is 304 g/mol. The molecule has 0 aliphatic rings. The standard InChI is InChI=1S/C15H15NO6/c1-8-10-3-2-9(17)6-12(10)22-15(21)11(8)4-5-13(18)16-7-14(19)20/h2-3,6,17H,4-5,7H2,1H3,(H,16,18)(H,19,20)/p-1. The van der Waals surface area contributed by atoms with E-state index in [1.54, 1.807) is 13.0 Å². The van der Waals surface area contributed by atoms with Crippen LogP contribution >= 0.6 is 0 Å². The molecule has 2 aromatic rings. The van der Waals surface area contributed by atoms with Crippen molar-refractivity contribution in [3.63, 3.8) is 0 Å². The molecule has 1 aromatic heterocycles. The number of phenolic OH excluding ortho intramolecular Hbond substituents is 1. The number of aliphatic carboxylic acids is 1. The smallest absolute Gasteiger partial charge is 0.339 e. The number of carboxylic acid groups (broad SMARTS) is 1. The molecule has 7 nitrogen and oxygen atoms in total. The lowest BCUT2D eigenvalue weighted by atomic mass is 10.0. The highest BCUT2D eigenvalue weighted by molar-refractivity contribution is 5.83. The van der Waals surface area contributed by atoms with Crippen LogP contribution in [0.4, 0.5) is 0 Å². The van der Waals surface area contributed by atoms with Crippen LogP contribution in [0.5, 0.6) is 5.75 Å². The Hall–Kier alpha value is -2.83. The van der Waals surface area contributed by atoms with Crippen molar-refractivity contribution in [2.45, 2.75) is 19.8 Å². The molecule has 0 aliphatic heterocycles. The molecule has 116 valence electrons. The van der Waals surface area contributed by atoms with Crippen LogP contribution in [0, 0.1) is 6.92 Å². The lowest BCUT2D eigenvalue weighted by Gasteiger charge is -2.08. The van der Waals surface area contributed by atoms with Gasteiger partial charge in [-0.1, -0.05) is 0 Å². The number of carboxylic acids is 1. The molecule has 0 unspecified atom stereocenters. The van der Waals surface area contributed by atoms with Gasteiger partial charge >= 0.3 is 5.63 Å². The average Bonchev–Trinajstić information content (AvgIpc) is 2.44. The molecule has 2 rings (SSSR count). The maximum absolute atomic E-state index is 12.0. The van der Waals surface area contributed by atoms with Gasteiger partial charge in [-0.15, -0.1) is 0 Å². The number of aromatic hydroxyl groups is 1. The Balaban J connectivity index is 2.21. The van der Waals surface area contributed by atoms with Crippen molar-refractivity contribution >= 4 is 22.8 Å². The van der Waals surface area contributed by atoms with Gasteiger partial charge in [-0.3, -0.25) is 4.79 Å². The first-order valence-electron chi connectivity index (χ1n) is 6.60. The van der Waals surface area contributed by atoms with Crippen LogP contribution in [-0.2, 0) is 16.0 Å². The molecule has 0 aliphatic carbocycles. The van der Waals surface area contributed by atoms with Gasteiger partial charge in [0.15, 0.2) is 0 Å². The van der Waals surface area contributed by atoms with Gasteiger partial charge in [0.25, 0.3) is 0 Å². The minimum absolute atomic E-state index is 0.00976. The summed E-state index contributed by atoms with van der Waals surface area (Å²) in [5.74, 6) is -1.88. The molecule has 1 amide bonds. The zero-order valence-electron chi connectivity index (χ0n) is 11.8. The highest BCUT2D eigenvalue weighted by atomic mass is 16.4. The lowest BCUT2D eigenvalue weighted by Crippen LogP contribution is -2.37. The van der Waals surface area contributed by atoms with E-state index < -0.39 is 24.0 Å². The number of carbonyl (C=O) groups is 2. The Kier molecular flexibility index (Phi) is 4.45. The number of hydrogen-bond acceptors (Lipinski definition) is 6. The summed E-state index contributed by atoms with van der Waals surface area (Å²) in [6.07, 6.45) is 0.0896. The zero-order chi connectivity index (χ0) is 16.3. The molecule has 1 heterocycles. The van der Waals surface area contributed by atoms with E-state index in [1.165, 1.54) is 12.1 Å². The fraction of sp³-hybridized carbons (Fsp3) is 0.267. The highest BCUT2D eigenvalue weighted by Gasteiger charge is 2.13. The fourth-order valence-corrected chi connectivity index (χ4v) is 2.17. The van der Waals surface area contributed by atoms with Crippen molar-refractivity contribution in [2.24, 2.45) is 0 Å². The third-order valence-electron chi connectivity index (χ3n) is 3.30. The Bertz CT molecular complexity index is 792. The van der Waals surface area contributed by atoms with Gasteiger partial charge in [-0.25, -0.2) is 4.79 Å². The number of rotatable bonds is 5. The van der Waals surface area contributed by atoms with E-state index >= 15 is 0 Å². The minimum Gasteiger partial charge on any atom is -0.548 e. The summed E-state index contributed by atoms with van der Waals surface area (Å²) in [4.78, 5) is 33.7.